The van der Waals surface area contributed by atoms with Gasteiger partial charge < -0.3 is 4.74 Å². The van der Waals surface area contributed by atoms with Gasteiger partial charge in [-0.2, -0.15) is 0 Å². The van der Waals surface area contributed by atoms with Gasteiger partial charge in [-0.15, -0.1) is 0 Å². The molecule has 2 nitrogen and oxygen atoms in total. The Hall–Kier alpha value is -2.35. The van der Waals surface area contributed by atoms with Gasteiger partial charge >= 0.3 is 5.97 Å². The fourth-order valence-electron chi connectivity index (χ4n) is 4.76. The van der Waals surface area contributed by atoms with Crippen molar-refractivity contribution in [2.75, 3.05) is 7.11 Å². The lowest BCUT2D eigenvalue weighted by Gasteiger charge is -2.28. The van der Waals surface area contributed by atoms with Crippen LogP contribution in [0.1, 0.15) is 69.9 Å². The minimum Gasteiger partial charge on any atom is -0.469 e. The summed E-state index contributed by atoms with van der Waals surface area (Å²) in [6.45, 7) is 6.80. The summed E-state index contributed by atoms with van der Waals surface area (Å²) in [4.78, 5) is 11.5. The number of rotatable bonds is 3. The van der Waals surface area contributed by atoms with Crippen LogP contribution in [0, 0.1) is 5.92 Å². The number of carbonyl (C=O) groups is 1. The van der Waals surface area contributed by atoms with E-state index in [1.165, 1.54) is 39.8 Å². The molecule has 0 unspecified atom stereocenters. The average Bonchev–Trinajstić information content (AvgIpc) is 2.71. The monoisotopic (exact) mass is 388 g/mol. The molecule has 0 aromatic heterocycles. The molecule has 0 bridgehead atoms. The minimum absolute atomic E-state index is 0.0688. The highest BCUT2D eigenvalue weighted by Crippen LogP contribution is 2.38. The number of ether oxygens (including phenoxy) is 1. The molecule has 0 spiro atoms. The maximum atomic E-state index is 11.5. The molecular formula is C27H32O2. The zero-order chi connectivity index (χ0) is 20.6. The van der Waals surface area contributed by atoms with E-state index >= 15 is 0 Å². The standard InChI is InChI=1S/C27H32O2/c1-27(2,3)25-12-11-22-15-23-14-20(9-10-21(23)16-24(22)17-25)19-7-5-18(6-8-19)13-26(28)29-4/h9-12,14-19H,5-8,13H2,1-4H3. The first-order valence-electron chi connectivity index (χ1n) is 10.9. The fraction of sp³-hybridized carbons (Fsp3) is 0.444. The van der Waals surface area contributed by atoms with Crippen LogP contribution in [0.2, 0.25) is 0 Å². The van der Waals surface area contributed by atoms with E-state index in [-0.39, 0.29) is 11.4 Å². The zero-order valence-corrected chi connectivity index (χ0v) is 18.1. The summed E-state index contributed by atoms with van der Waals surface area (Å²) < 4.78 is 4.83. The number of esters is 1. The summed E-state index contributed by atoms with van der Waals surface area (Å²) in [5, 5.41) is 5.27. The Morgan fingerprint density at radius 1 is 0.862 bits per heavy atom. The molecule has 1 aliphatic carbocycles. The molecule has 0 atom stereocenters. The summed E-state index contributed by atoms with van der Waals surface area (Å²) >= 11 is 0. The summed E-state index contributed by atoms with van der Waals surface area (Å²) in [5.41, 5.74) is 2.99. The van der Waals surface area contributed by atoms with Crippen LogP contribution < -0.4 is 0 Å². The molecule has 0 saturated heterocycles. The fourth-order valence-corrected chi connectivity index (χ4v) is 4.76. The molecule has 0 radical (unpaired) electrons. The van der Waals surface area contributed by atoms with Crippen molar-refractivity contribution in [3.63, 3.8) is 0 Å². The van der Waals surface area contributed by atoms with E-state index in [4.69, 9.17) is 4.74 Å². The predicted molar refractivity (Wildman–Crippen MR) is 121 cm³/mol. The first-order chi connectivity index (χ1) is 13.8. The molecule has 1 saturated carbocycles. The van der Waals surface area contributed by atoms with Gasteiger partial charge in [0.1, 0.15) is 0 Å². The van der Waals surface area contributed by atoms with Gasteiger partial charge in [0, 0.05) is 6.42 Å². The summed E-state index contributed by atoms with van der Waals surface area (Å²) in [6, 6.07) is 18.5. The summed E-state index contributed by atoms with van der Waals surface area (Å²) in [5.74, 6) is 1.02. The molecule has 1 aliphatic rings. The second kappa shape index (κ2) is 7.82. The highest BCUT2D eigenvalue weighted by atomic mass is 16.5. The lowest BCUT2D eigenvalue weighted by Crippen LogP contribution is -2.17. The lowest BCUT2D eigenvalue weighted by atomic mass is 9.77. The zero-order valence-electron chi connectivity index (χ0n) is 18.1. The first kappa shape index (κ1) is 19.9. The van der Waals surface area contributed by atoms with Crippen LogP contribution in [0.3, 0.4) is 0 Å². The van der Waals surface area contributed by atoms with Crippen molar-refractivity contribution in [1.29, 1.82) is 0 Å². The normalized spacial score (nSPS) is 20.1. The third-order valence-electron chi connectivity index (χ3n) is 6.69. The van der Waals surface area contributed by atoms with Gasteiger partial charge in [0.05, 0.1) is 7.11 Å². The summed E-state index contributed by atoms with van der Waals surface area (Å²) in [6.07, 6.45) is 5.13. The molecule has 29 heavy (non-hydrogen) atoms. The quantitative estimate of drug-likeness (QED) is 0.352. The SMILES string of the molecule is COC(=O)CC1CCC(c2ccc3cc4cc(C(C)(C)C)ccc4cc3c2)CC1. The second-order valence-electron chi connectivity index (χ2n) is 9.77. The van der Waals surface area contributed by atoms with E-state index in [9.17, 15) is 4.79 Å². The van der Waals surface area contributed by atoms with E-state index in [0.29, 0.717) is 18.3 Å². The van der Waals surface area contributed by atoms with Crippen molar-refractivity contribution >= 4 is 27.5 Å². The lowest BCUT2D eigenvalue weighted by molar-refractivity contribution is -0.142. The van der Waals surface area contributed by atoms with Crippen molar-refractivity contribution in [1.82, 2.24) is 0 Å². The Morgan fingerprint density at radius 2 is 1.48 bits per heavy atom. The number of hydrogen-bond donors (Lipinski definition) is 0. The van der Waals surface area contributed by atoms with Crippen molar-refractivity contribution in [3.05, 3.63) is 59.7 Å². The van der Waals surface area contributed by atoms with E-state index in [0.717, 1.165) is 25.7 Å². The molecule has 3 aromatic carbocycles. The molecule has 1 fully saturated rings. The van der Waals surface area contributed by atoms with E-state index < -0.39 is 0 Å². The third kappa shape index (κ3) is 4.32. The molecule has 2 heteroatoms. The smallest absolute Gasteiger partial charge is 0.305 e. The highest BCUT2D eigenvalue weighted by Gasteiger charge is 2.24. The highest BCUT2D eigenvalue weighted by molar-refractivity contribution is 5.98. The molecule has 0 amide bonds. The number of methoxy groups -OCH3 is 1. The van der Waals surface area contributed by atoms with Gasteiger partial charge in [-0.05, 0) is 87.7 Å². The number of benzene rings is 3. The van der Waals surface area contributed by atoms with Crippen molar-refractivity contribution in [3.8, 4) is 0 Å². The topological polar surface area (TPSA) is 26.3 Å². The Labute approximate surface area is 174 Å². The number of fused-ring (bicyclic) bond motifs is 2. The van der Waals surface area contributed by atoms with Gasteiger partial charge in [0.15, 0.2) is 0 Å². The Bertz CT molecular complexity index is 1030. The Balaban J connectivity index is 1.56. The Morgan fingerprint density at radius 3 is 2.10 bits per heavy atom. The van der Waals surface area contributed by atoms with Crippen LogP contribution in [-0.4, -0.2) is 13.1 Å². The number of carbonyl (C=O) groups excluding carboxylic acids is 1. The largest absolute Gasteiger partial charge is 0.469 e. The number of hydrogen-bond acceptors (Lipinski definition) is 2. The molecule has 0 heterocycles. The maximum absolute atomic E-state index is 11.5. The van der Waals surface area contributed by atoms with Gasteiger partial charge in [-0.1, -0.05) is 57.2 Å². The van der Waals surface area contributed by atoms with Crippen molar-refractivity contribution in [2.24, 2.45) is 5.92 Å². The first-order valence-corrected chi connectivity index (χ1v) is 10.9. The van der Waals surface area contributed by atoms with Gasteiger partial charge in [0.25, 0.3) is 0 Å². The van der Waals surface area contributed by atoms with Gasteiger partial charge in [-0.3, -0.25) is 4.79 Å². The van der Waals surface area contributed by atoms with E-state index in [2.05, 4.69) is 69.3 Å². The van der Waals surface area contributed by atoms with Gasteiger partial charge in [0.2, 0.25) is 0 Å². The van der Waals surface area contributed by atoms with E-state index in [1.54, 1.807) is 0 Å². The average molecular weight is 389 g/mol. The van der Waals surface area contributed by atoms with Crippen LogP contribution in [0.25, 0.3) is 21.5 Å². The maximum Gasteiger partial charge on any atom is 0.305 e. The van der Waals surface area contributed by atoms with Gasteiger partial charge in [-0.25, -0.2) is 0 Å². The van der Waals surface area contributed by atoms with Crippen LogP contribution in [0.5, 0.6) is 0 Å². The molecule has 4 rings (SSSR count). The Kier molecular flexibility index (Phi) is 5.38. The summed E-state index contributed by atoms with van der Waals surface area (Å²) in [7, 11) is 1.48. The molecular weight excluding hydrogens is 356 g/mol. The molecule has 0 N–H and O–H groups in total. The van der Waals surface area contributed by atoms with Crippen molar-refractivity contribution in [2.45, 2.75) is 64.2 Å². The van der Waals surface area contributed by atoms with E-state index in [1.807, 2.05) is 0 Å². The van der Waals surface area contributed by atoms with Crippen molar-refractivity contribution < 1.29 is 9.53 Å². The molecule has 152 valence electrons. The minimum atomic E-state index is -0.0688. The third-order valence-corrected chi connectivity index (χ3v) is 6.69. The van der Waals surface area contributed by atoms with Crippen LogP contribution >= 0.6 is 0 Å². The van der Waals surface area contributed by atoms with Crippen LogP contribution in [0.4, 0.5) is 0 Å². The second-order valence-corrected chi connectivity index (χ2v) is 9.77. The molecule has 3 aromatic rings. The van der Waals surface area contributed by atoms with Crippen LogP contribution in [-0.2, 0) is 14.9 Å². The molecule has 0 aliphatic heterocycles. The van der Waals surface area contributed by atoms with Crippen LogP contribution in [0.15, 0.2) is 48.5 Å². The predicted octanol–water partition coefficient (Wildman–Crippen LogP) is 7.13.